The highest BCUT2D eigenvalue weighted by Crippen LogP contribution is 2.61. The van der Waals surface area contributed by atoms with Crippen LogP contribution in [0.4, 0.5) is 0 Å². The van der Waals surface area contributed by atoms with Crippen molar-refractivity contribution in [3.8, 4) is 16.8 Å². The third-order valence-corrected chi connectivity index (χ3v) is 14.1. The van der Waals surface area contributed by atoms with Crippen molar-refractivity contribution in [2.24, 2.45) is 0 Å². The number of rotatable bonds is 4. The molecule has 0 bridgehead atoms. The van der Waals surface area contributed by atoms with Crippen LogP contribution in [0.15, 0.2) is 189 Å². The van der Waals surface area contributed by atoms with Gasteiger partial charge in [0.05, 0.1) is 11.0 Å². The van der Waals surface area contributed by atoms with Crippen LogP contribution in [0.25, 0.3) is 44.2 Å². The predicted octanol–water partition coefficient (Wildman–Crippen LogP) is 14.3. The van der Waals surface area contributed by atoms with Gasteiger partial charge in [0.1, 0.15) is 0 Å². The minimum Gasteiger partial charge on any atom is -0.309 e. The van der Waals surface area contributed by atoms with Crippen molar-refractivity contribution in [3.63, 3.8) is 0 Å². The lowest BCUT2D eigenvalue weighted by atomic mass is 9.70. The molecular formula is C50H37NS2. The van der Waals surface area contributed by atoms with E-state index in [0.29, 0.717) is 0 Å². The van der Waals surface area contributed by atoms with Gasteiger partial charge in [-0.1, -0.05) is 145 Å². The Morgan fingerprint density at radius 3 is 2.26 bits per heavy atom. The van der Waals surface area contributed by atoms with Gasteiger partial charge >= 0.3 is 0 Å². The lowest BCUT2D eigenvalue weighted by Gasteiger charge is -2.40. The Bertz CT molecular complexity index is 2740. The first-order valence-corrected chi connectivity index (χ1v) is 20.5. The van der Waals surface area contributed by atoms with Gasteiger partial charge in [0, 0.05) is 48.5 Å². The van der Waals surface area contributed by atoms with E-state index in [0.717, 1.165) is 25.7 Å². The summed E-state index contributed by atoms with van der Waals surface area (Å²) in [7, 11) is 0. The Hall–Kier alpha value is -5.22. The quantitative estimate of drug-likeness (QED) is 0.179. The fourth-order valence-electron chi connectivity index (χ4n) is 9.36. The molecule has 0 radical (unpaired) electrons. The van der Waals surface area contributed by atoms with E-state index in [2.05, 4.69) is 168 Å². The minimum absolute atomic E-state index is 0.145. The normalized spacial score (nSPS) is 18.8. The van der Waals surface area contributed by atoms with Crippen LogP contribution in [0.3, 0.4) is 0 Å². The third-order valence-electron chi connectivity index (χ3n) is 11.6. The van der Waals surface area contributed by atoms with E-state index in [-0.39, 0.29) is 11.8 Å². The van der Waals surface area contributed by atoms with Crippen LogP contribution in [0.2, 0.25) is 0 Å². The number of aromatic nitrogens is 1. The second-order valence-corrected chi connectivity index (χ2v) is 16.8. The molecule has 3 heterocycles. The largest absolute Gasteiger partial charge is 0.309 e. The van der Waals surface area contributed by atoms with Gasteiger partial charge in [0.25, 0.3) is 0 Å². The van der Waals surface area contributed by atoms with Crippen molar-refractivity contribution in [1.82, 2.24) is 4.57 Å². The Morgan fingerprint density at radius 1 is 0.566 bits per heavy atom. The van der Waals surface area contributed by atoms with Crippen LogP contribution in [-0.2, 0) is 0 Å². The lowest BCUT2D eigenvalue weighted by molar-refractivity contribution is 0.647. The molecule has 4 aliphatic rings. The highest BCUT2D eigenvalue weighted by Gasteiger charge is 2.41. The van der Waals surface area contributed by atoms with E-state index in [4.69, 9.17) is 0 Å². The van der Waals surface area contributed by atoms with Crippen LogP contribution < -0.4 is 0 Å². The van der Waals surface area contributed by atoms with Crippen LogP contribution in [0.1, 0.15) is 59.8 Å². The smallest absolute Gasteiger partial charge is 0.0619 e. The van der Waals surface area contributed by atoms with Crippen molar-refractivity contribution in [2.75, 3.05) is 0 Å². The SMILES string of the molecule is C1=CCCC(c2ccc3c(c2)C(C2c4ccccc4Sc4cccc(-c5cccc6c7ccccc7n(-c7ccccc7)c56)c42)C2=C(CCC=C2)S3)=C1. The molecule has 1 nitrogen and oxygen atoms in total. The Labute approximate surface area is 319 Å². The summed E-state index contributed by atoms with van der Waals surface area (Å²) in [4.78, 5) is 5.69. The molecule has 0 saturated heterocycles. The number of benzene rings is 6. The summed E-state index contributed by atoms with van der Waals surface area (Å²) in [5.74, 6) is 0.338. The average Bonchev–Trinajstić information content (AvgIpc) is 3.57. The molecule has 3 heteroatoms. The standard InChI is InChI=1S/C50H37NS2/c1-3-15-32(16-4-1)33-29-30-45-41(31-33)47(39-20-8-11-26-43(39)52-45)49-40-21-9-12-27-44(40)53-46-28-14-22-36(48(46)49)38-24-13-23-37-35-19-7-10-25-42(35)51(50(37)38)34-17-5-2-6-18-34/h1-3,5-10,12-15,17-25,27-31,47,49H,4,11,16,26H2. The summed E-state index contributed by atoms with van der Waals surface area (Å²) in [6.45, 7) is 0. The van der Waals surface area contributed by atoms with E-state index < -0.39 is 0 Å². The maximum absolute atomic E-state index is 2.56. The van der Waals surface area contributed by atoms with Gasteiger partial charge in [-0.2, -0.15) is 0 Å². The van der Waals surface area contributed by atoms with Gasteiger partial charge < -0.3 is 4.57 Å². The summed E-state index contributed by atoms with van der Waals surface area (Å²) < 4.78 is 2.49. The second-order valence-electron chi connectivity index (χ2n) is 14.5. The zero-order valence-electron chi connectivity index (χ0n) is 29.3. The van der Waals surface area contributed by atoms with Crippen molar-refractivity contribution < 1.29 is 0 Å². The number of hydrogen-bond acceptors (Lipinski definition) is 2. The third kappa shape index (κ3) is 5.01. The first kappa shape index (κ1) is 31.3. The maximum Gasteiger partial charge on any atom is 0.0619 e. The van der Waals surface area contributed by atoms with Gasteiger partial charge in [0.15, 0.2) is 0 Å². The topological polar surface area (TPSA) is 4.93 Å². The van der Waals surface area contributed by atoms with Gasteiger partial charge in [-0.15, -0.1) is 0 Å². The van der Waals surface area contributed by atoms with E-state index in [9.17, 15) is 0 Å². The molecule has 2 unspecified atom stereocenters. The van der Waals surface area contributed by atoms with Crippen LogP contribution in [0, 0.1) is 0 Å². The molecule has 0 saturated carbocycles. The average molecular weight is 716 g/mol. The molecule has 7 aromatic rings. The van der Waals surface area contributed by atoms with Gasteiger partial charge in [-0.25, -0.2) is 0 Å². The lowest BCUT2D eigenvalue weighted by Crippen LogP contribution is -2.23. The highest BCUT2D eigenvalue weighted by atomic mass is 32.2. The highest BCUT2D eigenvalue weighted by molar-refractivity contribution is 8.03. The fraction of sp³-hybridized carbons (Fsp3) is 0.120. The molecule has 254 valence electrons. The summed E-state index contributed by atoms with van der Waals surface area (Å²) >= 11 is 3.96. The number of nitrogens with zero attached hydrogens (tertiary/aromatic N) is 1. The van der Waals surface area contributed by atoms with Crippen molar-refractivity contribution in [2.45, 2.75) is 52.2 Å². The van der Waals surface area contributed by atoms with Crippen LogP contribution in [-0.4, -0.2) is 4.57 Å². The van der Waals surface area contributed by atoms with Crippen LogP contribution >= 0.6 is 23.5 Å². The zero-order valence-corrected chi connectivity index (χ0v) is 31.0. The number of hydrogen-bond donors (Lipinski definition) is 0. The first-order valence-electron chi connectivity index (χ1n) is 18.9. The van der Waals surface area contributed by atoms with E-state index in [1.165, 1.54) is 86.7 Å². The molecule has 0 spiro atoms. The zero-order chi connectivity index (χ0) is 34.9. The molecule has 2 aliphatic carbocycles. The molecule has 0 fully saturated rings. The van der Waals surface area contributed by atoms with Gasteiger partial charge in [-0.05, 0) is 112 Å². The van der Waals surface area contributed by atoms with Crippen molar-refractivity contribution in [1.29, 1.82) is 0 Å². The molecule has 0 amide bonds. The molecule has 11 rings (SSSR count). The first-order chi connectivity index (χ1) is 26.3. The van der Waals surface area contributed by atoms with E-state index in [1.807, 2.05) is 23.5 Å². The fourth-order valence-corrected chi connectivity index (χ4v) is 11.8. The molecule has 1 aromatic heterocycles. The summed E-state index contributed by atoms with van der Waals surface area (Å²) in [5, 5.41) is 2.58. The molecule has 0 N–H and O–H groups in total. The summed E-state index contributed by atoms with van der Waals surface area (Å²) in [6.07, 6.45) is 16.2. The number of thioether (sulfide) groups is 1. The Balaban J connectivity index is 1.21. The monoisotopic (exact) mass is 715 g/mol. The summed E-state index contributed by atoms with van der Waals surface area (Å²) in [6, 6.07) is 50.4. The van der Waals surface area contributed by atoms with E-state index in [1.54, 1.807) is 4.91 Å². The molecule has 2 aliphatic heterocycles. The van der Waals surface area contributed by atoms with Gasteiger partial charge in [0.2, 0.25) is 0 Å². The Morgan fingerprint density at radius 2 is 1.34 bits per heavy atom. The van der Waals surface area contributed by atoms with Crippen molar-refractivity contribution >= 4 is 50.9 Å². The predicted molar refractivity (Wildman–Crippen MR) is 225 cm³/mol. The molecule has 2 atom stereocenters. The number of allylic oxidation sites excluding steroid dienone is 8. The van der Waals surface area contributed by atoms with Crippen molar-refractivity contribution in [3.05, 3.63) is 197 Å². The molecular weight excluding hydrogens is 679 g/mol. The number of para-hydroxylation sites is 3. The van der Waals surface area contributed by atoms with Crippen LogP contribution in [0.5, 0.6) is 0 Å². The van der Waals surface area contributed by atoms with E-state index >= 15 is 0 Å². The maximum atomic E-state index is 2.56. The Kier molecular flexibility index (Phi) is 7.52. The second kappa shape index (κ2) is 12.7. The van der Waals surface area contributed by atoms with Gasteiger partial charge in [-0.3, -0.25) is 0 Å². The number of fused-ring (bicyclic) bond motifs is 6. The molecule has 53 heavy (non-hydrogen) atoms. The molecule has 6 aromatic carbocycles. The summed E-state index contributed by atoms with van der Waals surface area (Å²) in [5.41, 5.74) is 15.0. The minimum atomic E-state index is 0.145.